The van der Waals surface area contributed by atoms with Crippen LogP contribution in [0, 0.1) is 11.6 Å². The Bertz CT molecular complexity index is 929. The predicted octanol–water partition coefficient (Wildman–Crippen LogP) is 1.98. The van der Waals surface area contributed by atoms with E-state index in [2.05, 4.69) is 15.5 Å². The number of hydrogen-bond donors (Lipinski definition) is 0. The van der Waals surface area contributed by atoms with E-state index in [9.17, 15) is 18.4 Å². The number of aromatic nitrogens is 4. The first-order valence-electron chi connectivity index (χ1n) is 7.03. The van der Waals surface area contributed by atoms with Crippen LogP contribution in [0.15, 0.2) is 48.8 Å². The van der Waals surface area contributed by atoms with Crippen LogP contribution in [0.5, 0.6) is 0 Å². The lowest BCUT2D eigenvalue weighted by molar-refractivity contribution is 0.0474. The topological polar surface area (TPSA) is 87.0 Å². The van der Waals surface area contributed by atoms with Gasteiger partial charge in [0.05, 0.1) is 11.3 Å². The summed E-state index contributed by atoms with van der Waals surface area (Å²) in [5, 5.41) is 10.7. The van der Waals surface area contributed by atoms with Gasteiger partial charge in [0.1, 0.15) is 6.33 Å². The second-order valence-corrected chi connectivity index (χ2v) is 4.93. The molecule has 0 aliphatic rings. The number of hydrogen-bond acceptors (Lipinski definition) is 6. The second-order valence-electron chi connectivity index (χ2n) is 4.93. The number of ether oxygens (including phenoxy) is 1. The fraction of sp³-hybridized carbons (Fsp3) is 0.0625. The first kappa shape index (κ1) is 16.4. The van der Waals surface area contributed by atoms with Gasteiger partial charge < -0.3 is 4.74 Å². The summed E-state index contributed by atoms with van der Waals surface area (Å²) in [6, 6.07) is 8.97. The van der Waals surface area contributed by atoms with Crippen molar-refractivity contribution in [3.8, 4) is 5.69 Å². The molecule has 3 aromatic rings. The Morgan fingerprint density at radius 2 is 1.88 bits per heavy atom. The van der Waals surface area contributed by atoms with E-state index in [4.69, 9.17) is 4.74 Å². The van der Waals surface area contributed by atoms with E-state index in [0.717, 1.165) is 18.2 Å². The molecule has 1 aromatic heterocycles. The average Bonchev–Trinajstić information content (AvgIpc) is 3.16. The number of nitrogens with zero attached hydrogens (tertiary/aromatic N) is 4. The zero-order valence-corrected chi connectivity index (χ0v) is 12.6. The maximum Gasteiger partial charge on any atom is 0.338 e. The summed E-state index contributed by atoms with van der Waals surface area (Å²) >= 11 is 0. The maximum absolute atomic E-state index is 13.1. The summed E-state index contributed by atoms with van der Waals surface area (Å²) in [7, 11) is 0. The lowest BCUT2D eigenvalue weighted by Gasteiger charge is -2.06. The summed E-state index contributed by atoms with van der Waals surface area (Å²) in [5.74, 6) is -3.60. The SMILES string of the molecule is O=C(COC(=O)c1cccc(-n2cnnn2)c1)c1ccc(F)c(F)c1. The Kier molecular flexibility index (Phi) is 4.55. The van der Waals surface area contributed by atoms with Crippen molar-refractivity contribution in [2.24, 2.45) is 0 Å². The molecule has 7 nitrogen and oxygen atoms in total. The molecule has 126 valence electrons. The lowest BCUT2D eigenvalue weighted by atomic mass is 10.1. The minimum absolute atomic E-state index is 0.0888. The molecule has 0 bridgehead atoms. The molecule has 0 unspecified atom stereocenters. The highest BCUT2D eigenvalue weighted by molar-refractivity contribution is 5.99. The molecule has 2 aromatic carbocycles. The van der Waals surface area contributed by atoms with Crippen molar-refractivity contribution in [3.05, 3.63) is 71.6 Å². The van der Waals surface area contributed by atoms with Gasteiger partial charge in [-0.15, -0.1) is 5.10 Å². The first-order chi connectivity index (χ1) is 12.0. The molecule has 0 aliphatic carbocycles. The highest BCUT2D eigenvalue weighted by atomic mass is 19.2. The van der Waals surface area contributed by atoms with Crippen LogP contribution in [0.25, 0.3) is 5.69 Å². The molecule has 0 amide bonds. The quantitative estimate of drug-likeness (QED) is 0.520. The van der Waals surface area contributed by atoms with Crippen LogP contribution in [-0.4, -0.2) is 38.6 Å². The van der Waals surface area contributed by atoms with Crippen molar-refractivity contribution in [2.75, 3.05) is 6.61 Å². The zero-order valence-electron chi connectivity index (χ0n) is 12.6. The molecular weight excluding hydrogens is 334 g/mol. The van der Waals surface area contributed by atoms with Crippen LogP contribution >= 0.6 is 0 Å². The van der Waals surface area contributed by atoms with Crippen molar-refractivity contribution >= 4 is 11.8 Å². The molecule has 9 heteroatoms. The minimum Gasteiger partial charge on any atom is -0.454 e. The minimum atomic E-state index is -1.15. The van der Waals surface area contributed by atoms with E-state index in [0.29, 0.717) is 5.69 Å². The smallest absolute Gasteiger partial charge is 0.338 e. The third kappa shape index (κ3) is 3.71. The van der Waals surface area contributed by atoms with Gasteiger partial charge in [-0.1, -0.05) is 6.07 Å². The van der Waals surface area contributed by atoms with Gasteiger partial charge in [0.2, 0.25) is 0 Å². The average molecular weight is 344 g/mol. The fourth-order valence-electron chi connectivity index (χ4n) is 2.02. The largest absolute Gasteiger partial charge is 0.454 e. The summed E-state index contributed by atoms with van der Waals surface area (Å²) in [6.07, 6.45) is 1.36. The Labute approximate surface area is 139 Å². The van der Waals surface area contributed by atoms with Crippen LogP contribution in [0.4, 0.5) is 8.78 Å². The normalized spacial score (nSPS) is 10.5. The van der Waals surface area contributed by atoms with Crippen molar-refractivity contribution in [1.82, 2.24) is 20.2 Å². The third-order valence-corrected chi connectivity index (χ3v) is 3.27. The van der Waals surface area contributed by atoms with Crippen molar-refractivity contribution in [1.29, 1.82) is 0 Å². The van der Waals surface area contributed by atoms with Crippen LogP contribution in [-0.2, 0) is 4.74 Å². The van der Waals surface area contributed by atoms with Gasteiger partial charge in [-0.05, 0) is 46.8 Å². The van der Waals surface area contributed by atoms with Gasteiger partial charge in [-0.3, -0.25) is 4.79 Å². The number of carbonyl (C=O) groups is 2. The van der Waals surface area contributed by atoms with Crippen LogP contribution < -0.4 is 0 Å². The molecule has 0 atom stereocenters. The Hall–Kier alpha value is -3.49. The number of ketones is 1. The summed E-state index contributed by atoms with van der Waals surface area (Å²) in [5.41, 5.74) is 0.631. The van der Waals surface area contributed by atoms with Crippen LogP contribution in [0.2, 0.25) is 0 Å². The number of Topliss-reactive ketones (excluding diaryl/α,β-unsaturated/α-hetero) is 1. The molecule has 0 fully saturated rings. The molecule has 3 rings (SSSR count). The summed E-state index contributed by atoms with van der Waals surface area (Å²) in [4.78, 5) is 24.0. The molecular formula is C16H10F2N4O3. The lowest BCUT2D eigenvalue weighted by Crippen LogP contribution is -2.15. The van der Waals surface area contributed by atoms with Crippen molar-refractivity contribution < 1.29 is 23.1 Å². The molecule has 0 saturated heterocycles. The Morgan fingerprint density at radius 3 is 2.60 bits per heavy atom. The summed E-state index contributed by atoms with van der Waals surface area (Å²) < 4.78 is 32.3. The van der Waals surface area contributed by atoms with Gasteiger partial charge in [0, 0.05) is 5.56 Å². The third-order valence-electron chi connectivity index (χ3n) is 3.27. The van der Waals surface area contributed by atoms with Crippen LogP contribution in [0.3, 0.4) is 0 Å². The van der Waals surface area contributed by atoms with E-state index in [-0.39, 0.29) is 11.1 Å². The van der Waals surface area contributed by atoms with E-state index >= 15 is 0 Å². The summed E-state index contributed by atoms with van der Waals surface area (Å²) in [6.45, 7) is -0.598. The molecule has 0 radical (unpaired) electrons. The highest BCUT2D eigenvalue weighted by Gasteiger charge is 2.14. The first-order valence-corrected chi connectivity index (χ1v) is 7.03. The molecule has 0 spiro atoms. The molecule has 0 saturated carbocycles. The number of carbonyl (C=O) groups excluding carboxylic acids is 2. The van der Waals surface area contributed by atoms with Crippen molar-refractivity contribution in [3.63, 3.8) is 0 Å². The predicted molar refractivity (Wildman–Crippen MR) is 80.1 cm³/mol. The number of tetrazole rings is 1. The number of benzene rings is 2. The van der Waals surface area contributed by atoms with Crippen LogP contribution in [0.1, 0.15) is 20.7 Å². The standard InChI is InChI=1S/C16H10F2N4O3/c17-13-5-4-10(7-14(13)18)15(23)8-25-16(24)11-2-1-3-12(6-11)22-9-19-20-21-22/h1-7,9H,8H2. The number of halogens is 2. The zero-order chi connectivity index (χ0) is 17.8. The van der Waals surface area contributed by atoms with Crippen molar-refractivity contribution in [2.45, 2.75) is 0 Å². The van der Waals surface area contributed by atoms with E-state index < -0.39 is 30.0 Å². The van der Waals surface area contributed by atoms with E-state index in [1.54, 1.807) is 12.1 Å². The second kappa shape index (κ2) is 6.95. The van der Waals surface area contributed by atoms with Gasteiger partial charge in [-0.25, -0.2) is 18.3 Å². The molecule has 0 N–H and O–H groups in total. The highest BCUT2D eigenvalue weighted by Crippen LogP contribution is 2.12. The van der Waals surface area contributed by atoms with E-state index in [1.807, 2.05) is 0 Å². The van der Waals surface area contributed by atoms with Gasteiger partial charge in [0.15, 0.2) is 24.0 Å². The van der Waals surface area contributed by atoms with E-state index in [1.165, 1.54) is 23.1 Å². The number of rotatable bonds is 5. The molecule has 25 heavy (non-hydrogen) atoms. The maximum atomic E-state index is 13.1. The molecule has 1 heterocycles. The fourth-order valence-corrected chi connectivity index (χ4v) is 2.02. The number of esters is 1. The van der Waals surface area contributed by atoms with Gasteiger partial charge >= 0.3 is 5.97 Å². The Balaban J connectivity index is 1.67. The van der Waals surface area contributed by atoms with Gasteiger partial charge in [0.25, 0.3) is 0 Å². The Morgan fingerprint density at radius 1 is 1.04 bits per heavy atom. The van der Waals surface area contributed by atoms with Gasteiger partial charge in [-0.2, -0.15) is 0 Å². The molecule has 0 aliphatic heterocycles. The monoisotopic (exact) mass is 344 g/mol.